The van der Waals surface area contributed by atoms with Crippen LogP contribution in [-0.4, -0.2) is 48.6 Å². The number of nitrogens with zero attached hydrogens (tertiary/aromatic N) is 2. The summed E-state index contributed by atoms with van der Waals surface area (Å²) in [5.41, 5.74) is 0.955. The molecule has 0 saturated heterocycles. The summed E-state index contributed by atoms with van der Waals surface area (Å²) in [7, 11) is 2.53. The van der Waals surface area contributed by atoms with Crippen LogP contribution in [0, 0.1) is 10.1 Å². The van der Waals surface area contributed by atoms with Crippen LogP contribution in [0.3, 0.4) is 0 Å². The van der Waals surface area contributed by atoms with Crippen molar-refractivity contribution in [3.8, 4) is 0 Å². The third-order valence-corrected chi connectivity index (χ3v) is 6.27. The molecule has 0 aliphatic carbocycles. The van der Waals surface area contributed by atoms with Crippen molar-refractivity contribution < 1.29 is 28.8 Å². The summed E-state index contributed by atoms with van der Waals surface area (Å²) in [6, 6.07) is 2.59. The molecule has 2 amide bonds. The molecule has 3 heterocycles. The average molecular weight is 425 g/mol. The monoisotopic (exact) mass is 425 g/mol. The van der Waals surface area contributed by atoms with Crippen molar-refractivity contribution in [1.29, 1.82) is 0 Å². The first-order valence-corrected chi connectivity index (χ1v) is 9.60. The van der Waals surface area contributed by atoms with Crippen LogP contribution in [0.5, 0.6) is 0 Å². The zero-order valence-electron chi connectivity index (χ0n) is 14.8. The molecule has 3 rings (SSSR count). The quantitative estimate of drug-likeness (QED) is 0.453. The number of amides is 2. The van der Waals surface area contributed by atoms with E-state index in [0.29, 0.717) is 18.5 Å². The van der Waals surface area contributed by atoms with E-state index in [-0.39, 0.29) is 27.0 Å². The summed E-state index contributed by atoms with van der Waals surface area (Å²) in [5.74, 6) is -1.16. The Bertz CT molecular complexity index is 966. The Morgan fingerprint density at radius 2 is 1.96 bits per heavy atom. The molecule has 0 atom stereocenters. The van der Waals surface area contributed by atoms with E-state index in [1.54, 1.807) is 0 Å². The molecule has 0 saturated carbocycles. The molecule has 0 bridgehead atoms. The molecule has 12 heteroatoms. The molecular formula is C16H15N3O7S2. The Kier molecular flexibility index (Phi) is 5.61. The first-order valence-electron chi connectivity index (χ1n) is 7.97. The number of nitro groups is 1. The normalized spacial score (nSPS) is 12.9. The van der Waals surface area contributed by atoms with E-state index in [2.05, 4.69) is 5.32 Å². The largest absolute Gasteiger partial charge is 0.465 e. The van der Waals surface area contributed by atoms with Crippen LogP contribution >= 0.6 is 22.7 Å². The van der Waals surface area contributed by atoms with Crippen LogP contribution in [0.2, 0.25) is 0 Å². The highest BCUT2D eigenvalue weighted by atomic mass is 32.1. The topological polar surface area (TPSA) is 128 Å². The van der Waals surface area contributed by atoms with Gasteiger partial charge in [-0.1, -0.05) is 11.3 Å². The molecule has 10 nitrogen and oxygen atoms in total. The SMILES string of the molecule is COC(=O)c1c(NC(=O)c2ccc([N+](=O)[O-])s2)sc2c1CCN(C(=O)OC)C2. The number of fused-ring (bicyclic) bond motifs is 1. The van der Waals surface area contributed by atoms with Crippen LogP contribution in [0.1, 0.15) is 30.5 Å². The van der Waals surface area contributed by atoms with Crippen molar-refractivity contribution >= 4 is 50.6 Å². The Morgan fingerprint density at radius 3 is 2.57 bits per heavy atom. The summed E-state index contributed by atoms with van der Waals surface area (Å²) in [5, 5.41) is 13.6. The molecule has 1 aliphatic heterocycles. The third kappa shape index (κ3) is 3.68. The number of ether oxygens (including phenoxy) is 2. The van der Waals surface area contributed by atoms with Crippen LogP contribution < -0.4 is 5.32 Å². The smallest absolute Gasteiger partial charge is 0.409 e. The highest BCUT2D eigenvalue weighted by Crippen LogP contribution is 2.38. The van der Waals surface area contributed by atoms with Crippen molar-refractivity contribution in [2.75, 3.05) is 26.1 Å². The summed E-state index contributed by atoms with van der Waals surface area (Å²) < 4.78 is 9.58. The number of esters is 1. The number of hydrogen-bond donors (Lipinski definition) is 1. The Morgan fingerprint density at radius 1 is 1.21 bits per heavy atom. The number of carbonyl (C=O) groups excluding carboxylic acids is 3. The molecular weight excluding hydrogens is 410 g/mol. The van der Waals surface area contributed by atoms with Crippen molar-refractivity contribution in [2.45, 2.75) is 13.0 Å². The van der Waals surface area contributed by atoms with Gasteiger partial charge in [0.1, 0.15) is 5.00 Å². The fourth-order valence-electron chi connectivity index (χ4n) is 2.81. The number of nitrogens with one attached hydrogen (secondary N) is 1. The van der Waals surface area contributed by atoms with Gasteiger partial charge in [-0.3, -0.25) is 14.9 Å². The molecule has 28 heavy (non-hydrogen) atoms. The molecule has 0 fully saturated rings. The summed E-state index contributed by atoms with van der Waals surface area (Å²) >= 11 is 1.90. The number of anilines is 1. The van der Waals surface area contributed by atoms with Gasteiger partial charge in [-0.2, -0.15) is 0 Å². The lowest BCUT2D eigenvalue weighted by Crippen LogP contribution is -2.35. The summed E-state index contributed by atoms with van der Waals surface area (Å²) in [6.07, 6.45) is -0.0683. The van der Waals surface area contributed by atoms with Crippen molar-refractivity contribution in [1.82, 2.24) is 4.90 Å². The first kappa shape index (κ1) is 19.8. The minimum absolute atomic E-state index is 0.144. The molecule has 2 aromatic rings. The zero-order valence-corrected chi connectivity index (χ0v) is 16.5. The molecule has 2 aromatic heterocycles. The predicted molar refractivity (Wildman–Crippen MR) is 101 cm³/mol. The lowest BCUT2D eigenvalue weighted by molar-refractivity contribution is -0.380. The van der Waals surface area contributed by atoms with Gasteiger partial charge in [0, 0.05) is 17.5 Å². The van der Waals surface area contributed by atoms with Gasteiger partial charge in [-0.05, 0) is 18.1 Å². The van der Waals surface area contributed by atoms with Gasteiger partial charge in [0.05, 0.1) is 36.1 Å². The second-order valence-corrected chi connectivity index (χ2v) is 7.86. The molecule has 1 N–H and O–H groups in total. The number of carbonyl (C=O) groups is 3. The van der Waals surface area contributed by atoms with Gasteiger partial charge in [-0.25, -0.2) is 9.59 Å². The van der Waals surface area contributed by atoms with Gasteiger partial charge in [0.15, 0.2) is 0 Å². The van der Waals surface area contributed by atoms with E-state index < -0.39 is 22.9 Å². The first-order chi connectivity index (χ1) is 13.3. The van der Waals surface area contributed by atoms with Gasteiger partial charge in [-0.15, -0.1) is 11.3 Å². The highest BCUT2D eigenvalue weighted by molar-refractivity contribution is 7.18. The maximum Gasteiger partial charge on any atom is 0.409 e. The van der Waals surface area contributed by atoms with E-state index >= 15 is 0 Å². The minimum Gasteiger partial charge on any atom is -0.465 e. The van der Waals surface area contributed by atoms with Crippen LogP contribution in [-0.2, 0) is 22.4 Å². The second kappa shape index (κ2) is 7.94. The Labute approximate surface area is 166 Å². The average Bonchev–Trinajstić information content (AvgIpc) is 3.31. The Balaban J connectivity index is 1.91. The van der Waals surface area contributed by atoms with Gasteiger partial charge in [0.25, 0.3) is 5.91 Å². The maximum atomic E-state index is 12.5. The number of methoxy groups -OCH3 is 2. The lowest BCUT2D eigenvalue weighted by Gasteiger charge is -2.25. The molecule has 0 radical (unpaired) electrons. The molecule has 0 aromatic carbocycles. The number of rotatable bonds is 4. The molecule has 0 unspecified atom stereocenters. The summed E-state index contributed by atoms with van der Waals surface area (Å²) in [6.45, 7) is 0.613. The second-order valence-electron chi connectivity index (χ2n) is 5.69. The van der Waals surface area contributed by atoms with Gasteiger partial charge < -0.3 is 19.7 Å². The van der Waals surface area contributed by atoms with Crippen molar-refractivity contribution in [3.05, 3.63) is 43.1 Å². The van der Waals surface area contributed by atoms with Gasteiger partial charge in [0.2, 0.25) is 0 Å². The standard InChI is InChI=1S/C16H15N3O7S2/c1-25-15(21)12-8-5-6-18(16(22)26-2)7-10(8)28-14(12)17-13(20)9-3-4-11(27-9)19(23)24/h3-4H,5-7H2,1-2H3,(H,17,20). The van der Waals surface area contributed by atoms with E-state index in [1.807, 2.05) is 0 Å². The zero-order chi connectivity index (χ0) is 20.4. The van der Waals surface area contributed by atoms with Crippen LogP contribution in [0.4, 0.5) is 14.8 Å². The predicted octanol–water partition coefficient (Wildman–Crippen LogP) is 2.88. The van der Waals surface area contributed by atoms with Crippen LogP contribution in [0.15, 0.2) is 12.1 Å². The van der Waals surface area contributed by atoms with E-state index in [0.717, 1.165) is 27.6 Å². The van der Waals surface area contributed by atoms with E-state index in [1.165, 1.54) is 31.3 Å². The van der Waals surface area contributed by atoms with Crippen molar-refractivity contribution in [2.24, 2.45) is 0 Å². The third-order valence-electron chi connectivity index (χ3n) is 4.10. The number of hydrogen-bond acceptors (Lipinski definition) is 9. The van der Waals surface area contributed by atoms with Crippen molar-refractivity contribution in [3.63, 3.8) is 0 Å². The lowest BCUT2D eigenvalue weighted by atomic mass is 10.0. The van der Waals surface area contributed by atoms with Crippen LogP contribution in [0.25, 0.3) is 0 Å². The summed E-state index contributed by atoms with van der Waals surface area (Å²) in [4.78, 5) is 49.2. The van der Waals surface area contributed by atoms with Gasteiger partial charge >= 0.3 is 17.1 Å². The fourth-order valence-corrected chi connectivity index (χ4v) is 4.77. The fraction of sp³-hybridized carbons (Fsp3) is 0.312. The molecule has 1 aliphatic rings. The molecule has 0 spiro atoms. The van der Waals surface area contributed by atoms with E-state index in [4.69, 9.17) is 9.47 Å². The van der Waals surface area contributed by atoms with E-state index in [9.17, 15) is 24.5 Å². The Hall–Kier alpha value is -2.99. The maximum absolute atomic E-state index is 12.5. The number of thiophene rings is 2. The molecule has 148 valence electrons. The highest BCUT2D eigenvalue weighted by Gasteiger charge is 2.31. The minimum atomic E-state index is -0.600.